The van der Waals surface area contributed by atoms with Crippen molar-refractivity contribution in [2.45, 2.75) is 19.8 Å². The van der Waals surface area contributed by atoms with Gasteiger partial charge in [-0.3, -0.25) is 9.10 Å². The van der Waals surface area contributed by atoms with E-state index in [1.54, 1.807) is 37.3 Å². The summed E-state index contributed by atoms with van der Waals surface area (Å²) in [5, 5.41) is 8.62. The van der Waals surface area contributed by atoms with E-state index in [4.69, 9.17) is 5.11 Å². The number of anilines is 1. The number of carboxylic acids is 1. The molecule has 1 rings (SSSR count). The quantitative estimate of drug-likeness (QED) is 0.752. The first-order valence-electron chi connectivity index (χ1n) is 6.01. The first kappa shape index (κ1) is 15.5. The summed E-state index contributed by atoms with van der Waals surface area (Å²) in [6, 6.07) is 8.62. The van der Waals surface area contributed by atoms with Crippen molar-refractivity contribution in [3.05, 3.63) is 30.3 Å². The molecule has 0 saturated heterocycles. The Labute approximate surface area is 113 Å². The molecule has 7 heteroatoms. The van der Waals surface area contributed by atoms with E-state index in [2.05, 4.69) is 4.72 Å². The molecule has 0 aliphatic heterocycles. The molecule has 0 saturated carbocycles. The third-order valence-corrected chi connectivity index (χ3v) is 4.04. The number of rotatable bonds is 8. The molecule has 0 bridgehead atoms. The molecule has 0 heterocycles. The Balaban J connectivity index is 2.89. The highest BCUT2D eigenvalue weighted by Crippen LogP contribution is 2.17. The average molecular weight is 286 g/mol. The van der Waals surface area contributed by atoms with E-state index >= 15 is 0 Å². The summed E-state index contributed by atoms with van der Waals surface area (Å²) in [6.07, 6.45) is 0.194. The summed E-state index contributed by atoms with van der Waals surface area (Å²) < 4.78 is 27.8. The van der Waals surface area contributed by atoms with Crippen molar-refractivity contribution >= 4 is 21.9 Å². The number of nitrogens with one attached hydrogen (secondary N) is 1. The summed E-state index contributed by atoms with van der Waals surface area (Å²) in [5.41, 5.74) is 0.522. The first-order chi connectivity index (χ1) is 8.97. The zero-order chi connectivity index (χ0) is 14.3. The van der Waals surface area contributed by atoms with Gasteiger partial charge < -0.3 is 5.11 Å². The molecule has 2 N–H and O–H groups in total. The minimum Gasteiger partial charge on any atom is -0.481 e. The molecule has 0 spiro atoms. The van der Waals surface area contributed by atoms with Crippen molar-refractivity contribution in [2.24, 2.45) is 0 Å². The van der Waals surface area contributed by atoms with Gasteiger partial charge in [0, 0.05) is 19.5 Å². The van der Waals surface area contributed by atoms with E-state index in [1.165, 1.54) is 4.31 Å². The SMILES string of the molecule is CCNS(=O)(=O)N(CCCC(=O)O)c1ccccc1. The number of para-hydroxylation sites is 1. The molecule has 0 atom stereocenters. The van der Waals surface area contributed by atoms with Gasteiger partial charge in [-0.2, -0.15) is 13.1 Å². The van der Waals surface area contributed by atoms with Crippen LogP contribution < -0.4 is 9.03 Å². The molecule has 0 unspecified atom stereocenters. The van der Waals surface area contributed by atoms with Gasteiger partial charge in [0.15, 0.2) is 0 Å². The molecule has 0 fully saturated rings. The van der Waals surface area contributed by atoms with Crippen LogP contribution in [0.3, 0.4) is 0 Å². The predicted octanol–water partition coefficient (Wildman–Crippen LogP) is 1.21. The molecule has 19 heavy (non-hydrogen) atoms. The lowest BCUT2D eigenvalue weighted by Crippen LogP contribution is -2.41. The predicted molar refractivity (Wildman–Crippen MR) is 73.3 cm³/mol. The summed E-state index contributed by atoms with van der Waals surface area (Å²) in [6.45, 7) is 2.11. The molecule has 6 nitrogen and oxygen atoms in total. The molecule has 0 aliphatic carbocycles. The minimum absolute atomic E-state index is 0.0645. The molecule has 106 valence electrons. The van der Waals surface area contributed by atoms with Crippen LogP contribution in [0.4, 0.5) is 5.69 Å². The normalized spacial score (nSPS) is 11.2. The Morgan fingerprint density at radius 3 is 2.47 bits per heavy atom. The van der Waals surface area contributed by atoms with Crippen molar-refractivity contribution in [1.82, 2.24) is 4.72 Å². The lowest BCUT2D eigenvalue weighted by atomic mass is 10.3. The van der Waals surface area contributed by atoms with Gasteiger partial charge in [0.1, 0.15) is 0 Å². The molecule has 0 radical (unpaired) electrons. The Kier molecular flexibility index (Phi) is 5.78. The Hall–Kier alpha value is -1.60. The van der Waals surface area contributed by atoms with Crippen LogP contribution in [0.25, 0.3) is 0 Å². The fourth-order valence-electron chi connectivity index (χ4n) is 1.62. The van der Waals surface area contributed by atoms with Gasteiger partial charge in [-0.15, -0.1) is 0 Å². The topological polar surface area (TPSA) is 86.7 Å². The van der Waals surface area contributed by atoms with Gasteiger partial charge in [-0.1, -0.05) is 25.1 Å². The van der Waals surface area contributed by atoms with Crippen LogP contribution in [-0.4, -0.2) is 32.6 Å². The zero-order valence-corrected chi connectivity index (χ0v) is 11.6. The molecular weight excluding hydrogens is 268 g/mol. The van der Waals surface area contributed by atoms with Crippen molar-refractivity contribution < 1.29 is 18.3 Å². The van der Waals surface area contributed by atoms with Crippen LogP contribution in [0.15, 0.2) is 30.3 Å². The molecule has 1 aromatic carbocycles. The monoisotopic (exact) mass is 286 g/mol. The molecule has 1 aromatic rings. The Morgan fingerprint density at radius 1 is 1.32 bits per heavy atom. The zero-order valence-electron chi connectivity index (χ0n) is 10.7. The smallest absolute Gasteiger partial charge is 0.303 e. The number of carbonyl (C=O) groups is 1. The van der Waals surface area contributed by atoms with Crippen LogP contribution in [0.1, 0.15) is 19.8 Å². The van der Waals surface area contributed by atoms with E-state index in [-0.39, 0.29) is 25.9 Å². The summed E-state index contributed by atoms with van der Waals surface area (Å²) >= 11 is 0. The van der Waals surface area contributed by atoms with Gasteiger partial charge in [0.25, 0.3) is 0 Å². The van der Waals surface area contributed by atoms with E-state index < -0.39 is 16.2 Å². The number of carboxylic acid groups (broad SMARTS) is 1. The second kappa shape index (κ2) is 7.10. The van der Waals surface area contributed by atoms with Gasteiger partial charge in [-0.25, -0.2) is 0 Å². The van der Waals surface area contributed by atoms with Crippen molar-refractivity contribution in [3.63, 3.8) is 0 Å². The number of hydrogen-bond acceptors (Lipinski definition) is 3. The number of hydrogen-bond donors (Lipinski definition) is 2. The van der Waals surface area contributed by atoms with Crippen LogP contribution >= 0.6 is 0 Å². The van der Waals surface area contributed by atoms with E-state index in [9.17, 15) is 13.2 Å². The highest BCUT2D eigenvalue weighted by atomic mass is 32.2. The molecular formula is C12H18N2O4S. The number of aliphatic carboxylic acids is 1. The highest BCUT2D eigenvalue weighted by molar-refractivity contribution is 7.90. The molecule has 0 aliphatic rings. The summed E-state index contributed by atoms with van der Waals surface area (Å²) in [5.74, 6) is -0.936. The maximum Gasteiger partial charge on any atom is 0.303 e. The maximum absolute atomic E-state index is 12.1. The summed E-state index contributed by atoms with van der Waals surface area (Å²) in [7, 11) is -3.63. The third-order valence-electron chi connectivity index (χ3n) is 2.41. The standard InChI is InChI=1S/C12H18N2O4S/c1-2-13-19(17,18)14(10-6-9-12(15)16)11-7-4-3-5-8-11/h3-5,7-8,13H,2,6,9-10H2,1H3,(H,15,16). The molecule has 0 amide bonds. The fourth-order valence-corrected chi connectivity index (χ4v) is 2.91. The van der Waals surface area contributed by atoms with Crippen LogP contribution in [-0.2, 0) is 15.0 Å². The van der Waals surface area contributed by atoms with Gasteiger partial charge in [0.05, 0.1) is 5.69 Å². The Bertz CT molecular complexity index is 502. The molecule has 0 aromatic heterocycles. The fraction of sp³-hybridized carbons (Fsp3) is 0.417. The average Bonchev–Trinajstić information content (AvgIpc) is 2.35. The van der Waals surface area contributed by atoms with Gasteiger partial charge >= 0.3 is 16.2 Å². The lowest BCUT2D eigenvalue weighted by Gasteiger charge is -2.24. The van der Waals surface area contributed by atoms with Gasteiger partial charge in [-0.05, 0) is 18.6 Å². The highest BCUT2D eigenvalue weighted by Gasteiger charge is 2.21. The second-order valence-electron chi connectivity index (χ2n) is 3.91. The Morgan fingerprint density at radius 2 is 1.95 bits per heavy atom. The van der Waals surface area contributed by atoms with Crippen molar-refractivity contribution in [1.29, 1.82) is 0 Å². The number of nitrogens with zero attached hydrogens (tertiary/aromatic N) is 1. The summed E-state index contributed by atoms with van der Waals surface area (Å²) in [4.78, 5) is 10.5. The lowest BCUT2D eigenvalue weighted by molar-refractivity contribution is -0.137. The van der Waals surface area contributed by atoms with Crippen LogP contribution in [0, 0.1) is 0 Å². The largest absolute Gasteiger partial charge is 0.481 e. The minimum atomic E-state index is -3.63. The number of benzene rings is 1. The third kappa shape index (κ3) is 4.88. The second-order valence-corrected chi connectivity index (χ2v) is 5.59. The van der Waals surface area contributed by atoms with E-state index in [1.807, 2.05) is 0 Å². The first-order valence-corrected chi connectivity index (χ1v) is 7.45. The van der Waals surface area contributed by atoms with Crippen molar-refractivity contribution in [3.8, 4) is 0 Å². The van der Waals surface area contributed by atoms with Crippen LogP contribution in [0.2, 0.25) is 0 Å². The van der Waals surface area contributed by atoms with E-state index in [0.717, 1.165) is 0 Å². The van der Waals surface area contributed by atoms with Gasteiger partial charge in [0.2, 0.25) is 0 Å². The maximum atomic E-state index is 12.1. The van der Waals surface area contributed by atoms with E-state index in [0.29, 0.717) is 5.69 Å². The van der Waals surface area contributed by atoms with Crippen molar-refractivity contribution in [2.75, 3.05) is 17.4 Å². The van der Waals surface area contributed by atoms with Crippen LogP contribution in [0.5, 0.6) is 0 Å².